The van der Waals surface area contributed by atoms with Crippen LogP contribution < -0.4 is 0 Å². The van der Waals surface area contributed by atoms with Gasteiger partial charge in [-0.1, -0.05) is 0 Å². The van der Waals surface area contributed by atoms with Crippen molar-refractivity contribution in [2.75, 3.05) is 46.9 Å². The molecule has 2 heterocycles. The van der Waals surface area contributed by atoms with E-state index < -0.39 is 0 Å². The largest absolute Gasteiger partial charge is 0.424 e. The van der Waals surface area contributed by atoms with Crippen LogP contribution in [0, 0.1) is 12.8 Å². The van der Waals surface area contributed by atoms with E-state index >= 15 is 0 Å². The summed E-state index contributed by atoms with van der Waals surface area (Å²) in [5.74, 6) is 2.06. The fourth-order valence-corrected chi connectivity index (χ4v) is 2.62. The molecule has 0 N–H and O–H groups in total. The average Bonchev–Trinajstić information content (AvgIpc) is 2.96. The molecule has 1 unspecified atom stereocenters. The van der Waals surface area contributed by atoms with Gasteiger partial charge in [-0.15, -0.1) is 10.2 Å². The Morgan fingerprint density at radius 2 is 2.32 bits per heavy atom. The molecule has 1 aliphatic heterocycles. The van der Waals surface area contributed by atoms with E-state index in [1.54, 1.807) is 7.11 Å². The third-order valence-corrected chi connectivity index (χ3v) is 3.52. The number of likely N-dealkylation sites (tertiary alicyclic amines) is 1. The van der Waals surface area contributed by atoms with Crippen LogP contribution in [-0.4, -0.2) is 66.9 Å². The van der Waals surface area contributed by atoms with Gasteiger partial charge in [0.2, 0.25) is 11.8 Å². The molecule has 0 aromatic carbocycles. The van der Waals surface area contributed by atoms with E-state index in [1.165, 1.54) is 13.0 Å². The molecule has 6 nitrogen and oxygen atoms in total. The number of aromatic nitrogens is 2. The number of nitrogens with zero attached hydrogens (tertiary/aromatic N) is 4. The Kier molecular flexibility index (Phi) is 5.30. The maximum absolute atomic E-state index is 5.40. The zero-order valence-corrected chi connectivity index (χ0v) is 12.1. The number of rotatable bonds is 7. The van der Waals surface area contributed by atoms with E-state index in [0.29, 0.717) is 11.8 Å². The lowest BCUT2D eigenvalue weighted by molar-refractivity contribution is 0.156. The molecule has 1 aromatic rings. The molecule has 0 bridgehead atoms. The van der Waals surface area contributed by atoms with Gasteiger partial charge in [0, 0.05) is 33.7 Å². The van der Waals surface area contributed by atoms with Crippen molar-refractivity contribution in [3.8, 4) is 0 Å². The van der Waals surface area contributed by atoms with Gasteiger partial charge < -0.3 is 14.1 Å². The minimum Gasteiger partial charge on any atom is -0.424 e. The molecule has 1 atom stereocenters. The third-order valence-electron chi connectivity index (χ3n) is 3.52. The molecule has 6 heteroatoms. The van der Waals surface area contributed by atoms with Crippen molar-refractivity contribution in [1.29, 1.82) is 0 Å². The van der Waals surface area contributed by atoms with Gasteiger partial charge in [-0.05, 0) is 25.9 Å². The molecule has 19 heavy (non-hydrogen) atoms. The zero-order valence-electron chi connectivity index (χ0n) is 12.1. The Labute approximate surface area is 114 Å². The summed E-state index contributed by atoms with van der Waals surface area (Å²) in [7, 11) is 3.87. The fourth-order valence-electron chi connectivity index (χ4n) is 2.62. The van der Waals surface area contributed by atoms with E-state index in [-0.39, 0.29) is 0 Å². The number of methoxy groups -OCH3 is 1. The van der Waals surface area contributed by atoms with Crippen LogP contribution >= 0.6 is 0 Å². The minimum absolute atomic E-state index is 0.634. The summed E-state index contributed by atoms with van der Waals surface area (Å²) in [4.78, 5) is 4.73. The van der Waals surface area contributed by atoms with E-state index in [1.807, 2.05) is 6.92 Å². The lowest BCUT2D eigenvalue weighted by atomic mass is 10.1. The summed E-state index contributed by atoms with van der Waals surface area (Å²) in [5, 5.41) is 7.88. The van der Waals surface area contributed by atoms with Gasteiger partial charge in [0.05, 0.1) is 13.2 Å². The Balaban J connectivity index is 1.70. The molecule has 0 radical (unpaired) electrons. The molecule has 1 aliphatic rings. The first-order chi connectivity index (χ1) is 9.17. The highest BCUT2D eigenvalue weighted by Crippen LogP contribution is 2.17. The van der Waals surface area contributed by atoms with Crippen molar-refractivity contribution in [2.45, 2.75) is 19.9 Å². The van der Waals surface area contributed by atoms with Crippen LogP contribution in [0.25, 0.3) is 0 Å². The van der Waals surface area contributed by atoms with Crippen LogP contribution in [0.5, 0.6) is 0 Å². The van der Waals surface area contributed by atoms with Crippen molar-refractivity contribution >= 4 is 0 Å². The van der Waals surface area contributed by atoms with Crippen LogP contribution in [0.4, 0.5) is 0 Å². The van der Waals surface area contributed by atoms with Gasteiger partial charge in [-0.3, -0.25) is 4.90 Å². The molecule has 1 fully saturated rings. The van der Waals surface area contributed by atoms with Crippen LogP contribution in [-0.2, 0) is 11.3 Å². The number of ether oxygens (including phenoxy) is 1. The monoisotopic (exact) mass is 268 g/mol. The Bertz CT molecular complexity index is 382. The predicted octanol–water partition coefficient (Wildman–Crippen LogP) is 0.778. The Morgan fingerprint density at radius 1 is 1.47 bits per heavy atom. The smallest absolute Gasteiger partial charge is 0.230 e. The zero-order chi connectivity index (χ0) is 13.7. The highest BCUT2D eigenvalue weighted by Gasteiger charge is 2.23. The SMILES string of the molecule is COCCN1CCC(CN(C)Cc2nnc(C)o2)C1. The molecule has 0 spiro atoms. The maximum atomic E-state index is 5.40. The molecule has 2 rings (SSSR count). The molecular formula is C13H24N4O2. The number of aryl methyl sites for hydroxylation is 1. The van der Waals surface area contributed by atoms with Gasteiger partial charge in [0.15, 0.2) is 0 Å². The summed E-state index contributed by atoms with van der Waals surface area (Å²) >= 11 is 0. The first-order valence-electron chi connectivity index (χ1n) is 6.86. The predicted molar refractivity (Wildman–Crippen MR) is 71.8 cm³/mol. The van der Waals surface area contributed by atoms with Gasteiger partial charge >= 0.3 is 0 Å². The van der Waals surface area contributed by atoms with Crippen molar-refractivity contribution in [3.05, 3.63) is 11.8 Å². The molecule has 1 saturated heterocycles. The molecule has 1 aromatic heterocycles. The standard InChI is InChI=1S/C13H24N4O2/c1-11-14-15-13(19-11)10-16(2)8-12-4-5-17(9-12)6-7-18-3/h12H,4-10H2,1-3H3. The van der Waals surface area contributed by atoms with Crippen molar-refractivity contribution < 1.29 is 9.15 Å². The summed E-state index contributed by atoms with van der Waals surface area (Å²) in [5.41, 5.74) is 0. The molecule has 108 valence electrons. The summed E-state index contributed by atoms with van der Waals surface area (Å²) in [6.45, 7) is 7.84. The lowest BCUT2D eigenvalue weighted by Gasteiger charge is -2.20. The normalized spacial score (nSPS) is 20.5. The molecular weight excluding hydrogens is 244 g/mol. The van der Waals surface area contributed by atoms with E-state index in [9.17, 15) is 0 Å². The fraction of sp³-hybridized carbons (Fsp3) is 0.846. The van der Waals surface area contributed by atoms with Gasteiger partial charge in [0.25, 0.3) is 0 Å². The highest BCUT2D eigenvalue weighted by atomic mass is 16.5. The lowest BCUT2D eigenvalue weighted by Crippen LogP contribution is -2.29. The van der Waals surface area contributed by atoms with Crippen LogP contribution in [0.1, 0.15) is 18.2 Å². The van der Waals surface area contributed by atoms with E-state index in [4.69, 9.17) is 9.15 Å². The molecule has 0 amide bonds. The quantitative estimate of drug-likeness (QED) is 0.728. The second kappa shape index (κ2) is 6.98. The summed E-state index contributed by atoms with van der Waals surface area (Å²) in [6.07, 6.45) is 1.26. The number of hydrogen-bond donors (Lipinski definition) is 0. The van der Waals surface area contributed by atoms with Crippen molar-refractivity contribution in [2.24, 2.45) is 5.92 Å². The molecule has 0 saturated carbocycles. The minimum atomic E-state index is 0.634. The van der Waals surface area contributed by atoms with Gasteiger partial charge in [-0.2, -0.15) is 0 Å². The van der Waals surface area contributed by atoms with Crippen molar-refractivity contribution in [1.82, 2.24) is 20.0 Å². The average molecular weight is 268 g/mol. The van der Waals surface area contributed by atoms with Crippen LogP contribution in [0.3, 0.4) is 0 Å². The summed E-state index contributed by atoms with van der Waals surface area (Å²) in [6, 6.07) is 0. The highest BCUT2D eigenvalue weighted by molar-refractivity contribution is 4.81. The third kappa shape index (κ3) is 4.56. The molecule has 0 aliphatic carbocycles. The van der Waals surface area contributed by atoms with Gasteiger partial charge in [-0.25, -0.2) is 0 Å². The first kappa shape index (κ1) is 14.4. The van der Waals surface area contributed by atoms with E-state index in [2.05, 4.69) is 27.0 Å². The van der Waals surface area contributed by atoms with Gasteiger partial charge in [0.1, 0.15) is 0 Å². The number of hydrogen-bond acceptors (Lipinski definition) is 6. The van der Waals surface area contributed by atoms with Crippen molar-refractivity contribution in [3.63, 3.8) is 0 Å². The second-order valence-electron chi connectivity index (χ2n) is 5.36. The second-order valence-corrected chi connectivity index (χ2v) is 5.36. The summed E-state index contributed by atoms with van der Waals surface area (Å²) < 4.78 is 10.5. The van der Waals surface area contributed by atoms with Crippen LogP contribution in [0.15, 0.2) is 4.42 Å². The van der Waals surface area contributed by atoms with Crippen LogP contribution in [0.2, 0.25) is 0 Å². The Hall–Kier alpha value is -0.980. The Morgan fingerprint density at radius 3 is 3.00 bits per heavy atom. The van der Waals surface area contributed by atoms with E-state index in [0.717, 1.165) is 38.7 Å². The first-order valence-corrected chi connectivity index (χ1v) is 6.86. The maximum Gasteiger partial charge on any atom is 0.230 e. The topological polar surface area (TPSA) is 54.6 Å².